The van der Waals surface area contributed by atoms with Crippen molar-refractivity contribution < 1.29 is 18.7 Å². The summed E-state index contributed by atoms with van der Waals surface area (Å²) in [7, 11) is 0. The van der Waals surface area contributed by atoms with Crippen LogP contribution in [0.2, 0.25) is 0 Å². The standard InChI is InChI=1S/C17H16FNO3S/c1-12(20)19-14-6-4-5-13(11-14)17(21)22-9-10-23-16-8-3-2-7-15(16)18/h2-8,11H,9-10H2,1H3,(H,19,20). The topological polar surface area (TPSA) is 55.4 Å². The van der Waals surface area contributed by atoms with E-state index in [-0.39, 0.29) is 18.3 Å². The zero-order valence-corrected chi connectivity index (χ0v) is 13.4. The molecule has 0 heterocycles. The predicted octanol–water partition coefficient (Wildman–Crippen LogP) is 3.73. The summed E-state index contributed by atoms with van der Waals surface area (Å²) < 4.78 is 18.6. The van der Waals surface area contributed by atoms with Crippen LogP contribution < -0.4 is 5.32 Å². The highest BCUT2D eigenvalue weighted by Gasteiger charge is 2.09. The van der Waals surface area contributed by atoms with Crippen LogP contribution in [0.5, 0.6) is 0 Å². The molecule has 0 aliphatic carbocycles. The van der Waals surface area contributed by atoms with Crippen molar-refractivity contribution in [3.63, 3.8) is 0 Å². The molecule has 0 bridgehead atoms. The van der Waals surface area contributed by atoms with Crippen molar-refractivity contribution in [3.05, 3.63) is 59.9 Å². The Morgan fingerprint density at radius 2 is 1.96 bits per heavy atom. The Hall–Kier alpha value is -2.34. The summed E-state index contributed by atoms with van der Waals surface area (Å²) in [6.45, 7) is 1.56. The highest BCUT2D eigenvalue weighted by Crippen LogP contribution is 2.21. The average molecular weight is 333 g/mol. The molecule has 0 aliphatic rings. The number of halogens is 1. The van der Waals surface area contributed by atoms with Crippen LogP contribution in [0.1, 0.15) is 17.3 Å². The molecule has 0 unspecified atom stereocenters. The summed E-state index contributed by atoms with van der Waals surface area (Å²) in [5.41, 5.74) is 0.889. The summed E-state index contributed by atoms with van der Waals surface area (Å²) >= 11 is 1.29. The first-order valence-electron chi connectivity index (χ1n) is 6.98. The van der Waals surface area contributed by atoms with Crippen molar-refractivity contribution in [3.8, 4) is 0 Å². The van der Waals surface area contributed by atoms with Crippen LogP contribution in [-0.2, 0) is 9.53 Å². The lowest BCUT2D eigenvalue weighted by Crippen LogP contribution is -2.10. The van der Waals surface area contributed by atoms with E-state index in [0.29, 0.717) is 21.9 Å². The number of hydrogen-bond donors (Lipinski definition) is 1. The number of benzene rings is 2. The summed E-state index contributed by atoms with van der Waals surface area (Å²) in [5.74, 6) is -0.520. The van der Waals surface area contributed by atoms with Crippen molar-refractivity contribution in [1.82, 2.24) is 0 Å². The molecule has 0 aliphatic heterocycles. The fourth-order valence-corrected chi connectivity index (χ4v) is 2.63. The third-order valence-electron chi connectivity index (χ3n) is 2.83. The van der Waals surface area contributed by atoms with Gasteiger partial charge < -0.3 is 10.1 Å². The quantitative estimate of drug-likeness (QED) is 0.497. The molecule has 0 saturated heterocycles. The molecule has 0 atom stereocenters. The molecule has 23 heavy (non-hydrogen) atoms. The first-order chi connectivity index (χ1) is 11.1. The molecule has 2 aromatic carbocycles. The van der Waals surface area contributed by atoms with Gasteiger partial charge in [0, 0.05) is 23.3 Å². The predicted molar refractivity (Wildman–Crippen MR) is 88.2 cm³/mol. The molecular formula is C17H16FNO3S. The lowest BCUT2D eigenvalue weighted by atomic mass is 10.2. The molecule has 0 spiro atoms. The summed E-state index contributed by atoms with van der Waals surface area (Å²) in [4.78, 5) is 23.5. The second kappa shape index (κ2) is 8.33. The van der Waals surface area contributed by atoms with Crippen LogP contribution >= 0.6 is 11.8 Å². The van der Waals surface area contributed by atoms with E-state index in [1.54, 1.807) is 42.5 Å². The second-order valence-electron chi connectivity index (χ2n) is 4.68. The van der Waals surface area contributed by atoms with Crippen LogP contribution in [0.3, 0.4) is 0 Å². The van der Waals surface area contributed by atoms with E-state index in [1.165, 1.54) is 24.8 Å². The van der Waals surface area contributed by atoms with Gasteiger partial charge in [-0.2, -0.15) is 0 Å². The molecule has 2 aromatic rings. The maximum Gasteiger partial charge on any atom is 0.338 e. The molecular weight excluding hydrogens is 317 g/mol. The molecule has 0 aromatic heterocycles. The highest BCUT2D eigenvalue weighted by atomic mass is 32.2. The van der Waals surface area contributed by atoms with Crippen LogP contribution in [0.25, 0.3) is 0 Å². The Kier molecular flexibility index (Phi) is 6.17. The summed E-state index contributed by atoms with van der Waals surface area (Å²) in [6.07, 6.45) is 0. The van der Waals surface area contributed by atoms with Gasteiger partial charge in [-0.3, -0.25) is 4.79 Å². The number of esters is 1. The third-order valence-corrected chi connectivity index (χ3v) is 3.84. The van der Waals surface area contributed by atoms with Gasteiger partial charge in [0.1, 0.15) is 12.4 Å². The first-order valence-corrected chi connectivity index (χ1v) is 7.97. The number of thioether (sulfide) groups is 1. The van der Waals surface area contributed by atoms with Crippen LogP contribution in [0.4, 0.5) is 10.1 Å². The monoisotopic (exact) mass is 333 g/mol. The van der Waals surface area contributed by atoms with E-state index in [2.05, 4.69) is 5.32 Å². The maximum absolute atomic E-state index is 13.4. The Bertz CT molecular complexity index is 706. The van der Waals surface area contributed by atoms with Gasteiger partial charge in [0.25, 0.3) is 0 Å². The summed E-state index contributed by atoms with van der Waals surface area (Å²) in [6, 6.07) is 13.0. The van der Waals surface area contributed by atoms with E-state index in [4.69, 9.17) is 4.74 Å². The van der Waals surface area contributed by atoms with Crippen LogP contribution in [0, 0.1) is 5.82 Å². The lowest BCUT2D eigenvalue weighted by molar-refractivity contribution is -0.114. The number of amides is 1. The maximum atomic E-state index is 13.4. The van der Waals surface area contributed by atoms with Gasteiger partial charge >= 0.3 is 5.97 Å². The van der Waals surface area contributed by atoms with E-state index in [1.807, 2.05) is 0 Å². The van der Waals surface area contributed by atoms with Gasteiger partial charge in [0.15, 0.2) is 0 Å². The molecule has 0 saturated carbocycles. The number of rotatable bonds is 6. The fraction of sp³-hybridized carbons (Fsp3) is 0.176. The van der Waals surface area contributed by atoms with Gasteiger partial charge in [0.05, 0.1) is 5.56 Å². The van der Waals surface area contributed by atoms with E-state index < -0.39 is 5.97 Å². The van der Waals surface area contributed by atoms with E-state index >= 15 is 0 Å². The van der Waals surface area contributed by atoms with Gasteiger partial charge in [-0.15, -0.1) is 11.8 Å². The molecule has 2 rings (SSSR count). The van der Waals surface area contributed by atoms with Gasteiger partial charge in [-0.1, -0.05) is 18.2 Å². The number of nitrogens with one attached hydrogen (secondary N) is 1. The van der Waals surface area contributed by atoms with Gasteiger partial charge in [-0.25, -0.2) is 9.18 Å². The number of ether oxygens (including phenoxy) is 1. The lowest BCUT2D eigenvalue weighted by Gasteiger charge is -2.07. The largest absolute Gasteiger partial charge is 0.461 e. The molecule has 1 N–H and O–H groups in total. The normalized spacial score (nSPS) is 10.2. The van der Waals surface area contributed by atoms with Crippen molar-refractivity contribution in [1.29, 1.82) is 0 Å². The zero-order valence-electron chi connectivity index (χ0n) is 12.5. The van der Waals surface area contributed by atoms with E-state index in [0.717, 1.165) is 0 Å². The second-order valence-corrected chi connectivity index (χ2v) is 5.81. The SMILES string of the molecule is CC(=O)Nc1cccc(C(=O)OCCSc2ccccc2F)c1. The molecule has 4 nitrogen and oxygen atoms in total. The third kappa shape index (κ3) is 5.41. The Labute approximate surface area is 138 Å². The number of hydrogen-bond acceptors (Lipinski definition) is 4. The smallest absolute Gasteiger partial charge is 0.338 e. The Morgan fingerprint density at radius 1 is 1.17 bits per heavy atom. The van der Waals surface area contributed by atoms with Crippen molar-refractivity contribution in [2.45, 2.75) is 11.8 Å². The first kappa shape index (κ1) is 17.0. The number of carbonyl (C=O) groups is 2. The van der Waals surface area contributed by atoms with Crippen LogP contribution in [-0.4, -0.2) is 24.2 Å². The minimum atomic E-state index is -0.480. The minimum Gasteiger partial charge on any atom is -0.461 e. The molecule has 6 heteroatoms. The molecule has 0 fully saturated rings. The molecule has 1 amide bonds. The molecule has 120 valence electrons. The Morgan fingerprint density at radius 3 is 2.70 bits per heavy atom. The fourth-order valence-electron chi connectivity index (χ4n) is 1.86. The van der Waals surface area contributed by atoms with Gasteiger partial charge in [-0.05, 0) is 30.3 Å². The van der Waals surface area contributed by atoms with Crippen LogP contribution in [0.15, 0.2) is 53.4 Å². The Balaban J connectivity index is 1.83. The van der Waals surface area contributed by atoms with Crippen molar-refractivity contribution in [2.24, 2.45) is 0 Å². The average Bonchev–Trinajstić information content (AvgIpc) is 2.52. The number of carbonyl (C=O) groups excluding carboxylic acids is 2. The minimum absolute atomic E-state index is 0.169. The highest BCUT2D eigenvalue weighted by molar-refractivity contribution is 7.99. The van der Waals surface area contributed by atoms with Crippen molar-refractivity contribution >= 4 is 29.3 Å². The van der Waals surface area contributed by atoms with Crippen molar-refractivity contribution in [2.75, 3.05) is 17.7 Å². The zero-order chi connectivity index (χ0) is 16.7. The number of anilines is 1. The summed E-state index contributed by atoms with van der Waals surface area (Å²) in [5, 5.41) is 2.60. The van der Waals surface area contributed by atoms with E-state index in [9.17, 15) is 14.0 Å². The molecule has 0 radical (unpaired) electrons. The van der Waals surface area contributed by atoms with Gasteiger partial charge in [0.2, 0.25) is 5.91 Å².